The number of benzene rings is 1. The SMILES string of the molecule is NN=Cc1cccc(-c2cccnc2)c1. The molecule has 0 aliphatic heterocycles. The predicted octanol–water partition coefficient (Wildman–Crippen LogP) is 2.04. The Hall–Kier alpha value is -2.16. The quantitative estimate of drug-likeness (QED) is 0.455. The van der Waals surface area contributed by atoms with Gasteiger partial charge in [0.25, 0.3) is 0 Å². The number of hydrogen-bond donors (Lipinski definition) is 1. The highest BCUT2D eigenvalue weighted by molar-refractivity contribution is 5.82. The fraction of sp³-hybridized carbons (Fsp3) is 0. The molecule has 0 spiro atoms. The minimum Gasteiger partial charge on any atom is -0.323 e. The van der Waals surface area contributed by atoms with Crippen molar-refractivity contribution < 1.29 is 0 Å². The Morgan fingerprint density at radius 3 is 2.73 bits per heavy atom. The van der Waals surface area contributed by atoms with Crippen molar-refractivity contribution in [2.45, 2.75) is 0 Å². The number of nitrogens with two attached hydrogens (primary N) is 1. The van der Waals surface area contributed by atoms with Crippen molar-refractivity contribution in [3.8, 4) is 11.1 Å². The average Bonchev–Trinajstić information content (AvgIpc) is 2.31. The first-order valence-electron chi connectivity index (χ1n) is 4.64. The molecule has 0 fully saturated rings. The van der Waals surface area contributed by atoms with Gasteiger partial charge in [0.1, 0.15) is 0 Å². The Bertz CT molecular complexity index is 463. The van der Waals surface area contributed by atoms with Crippen LogP contribution in [0.4, 0.5) is 0 Å². The molecule has 2 N–H and O–H groups in total. The van der Waals surface area contributed by atoms with Crippen molar-refractivity contribution in [1.29, 1.82) is 0 Å². The summed E-state index contributed by atoms with van der Waals surface area (Å²) < 4.78 is 0. The van der Waals surface area contributed by atoms with Crippen molar-refractivity contribution in [2.24, 2.45) is 10.9 Å². The largest absolute Gasteiger partial charge is 0.323 e. The standard InChI is InChI=1S/C12H11N3/c13-15-8-10-3-1-4-11(7-10)12-5-2-6-14-9-12/h1-9H,13H2. The van der Waals surface area contributed by atoms with Gasteiger partial charge in [-0.1, -0.05) is 24.3 Å². The highest BCUT2D eigenvalue weighted by atomic mass is 15.1. The summed E-state index contributed by atoms with van der Waals surface area (Å²) in [5.74, 6) is 5.11. The first-order valence-corrected chi connectivity index (χ1v) is 4.64. The van der Waals surface area contributed by atoms with E-state index in [1.54, 1.807) is 12.4 Å². The van der Waals surface area contributed by atoms with Gasteiger partial charge in [-0.05, 0) is 23.3 Å². The van der Waals surface area contributed by atoms with Crippen LogP contribution in [0.3, 0.4) is 0 Å². The maximum absolute atomic E-state index is 5.11. The van der Waals surface area contributed by atoms with Gasteiger partial charge in [-0.15, -0.1) is 0 Å². The van der Waals surface area contributed by atoms with Gasteiger partial charge in [0, 0.05) is 18.0 Å². The van der Waals surface area contributed by atoms with Crippen LogP contribution < -0.4 is 5.84 Å². The van der Waals surface area contributed by atoms with Crippen molar-refractivity contribution in [3.05, 3.63) is 54.4 Å². The third kappa shape index (κ3) is 2.20. The van der Waals surface area contributed by atoms with Crippen molar-refractivity contribution in [1.82, 2.24) is 4.98 Å². The second-order valence-electron chi connectivity index (χ2n) is 3.15. The van der Waals surface area contributed by atoms with E-state index in [1.165, 1.54) is 0 Å². The summed E-state index contributed by atoms with van der Waals surface area (Å²) in [6.45, 7) is 0. The number of nitrogens with zero attached hydrogens (tertiary/aromatic N) is 2. The number of rotatable bonds is 2. The molecular formula is C12H11N3. The normalized spacial score (nSPS) is 10.7. The zero-order valence-corrected chi connectivity index (χ0v) is 8.17. The van der Waals surface area contributed by atoms with Crippen LogP contribution in [-0.4, -0.2) is 11.2 Å². The Balaban J connectivity index is 2.41. The monoisotopic (exact) mass is 197 g/mol. The lowest BCUT2D eigenvalue weighted by Crippen LogP contribution is -1.87. The van der Waals surface area contributed by atoms with E-state index in [0.717, 1.165) is 16.7 Å². The van der Waals surface area contributed by atoms with Crippen LogP contribution in [0.2, 0.25) is 0 Å². The summed E-state index contributed by atoms with van der Waals surface area (Å²) in [6.07, 6.45) is 5.22. The molecule has 1 aromatic carbocycles. The minimum atomic E-state index is 0.985. The van der Waals surface area contributed by atoms with Gasteiger partial charge in [0.2, 0.25) is 0 Å². The summed E-state index contributed by atoms with van der Waals surface area (Å²) in [5.41, 5.74) is 3.18. The van der Waals surface area contributed by atoms with Crippen LogP contribution in [0, 0.1) is 0 Å². The summed E-state index contributed by atoms with van der Waals surface area (Å²) in [7, 11) is 0. The van der Waals surface area contributed by atoms with E-state index in [1.807, 2.05) is 42.6 Å². The lowest BCUT2D eigenvalue weighted by Gasteiger charge is -2.01. The fourth-order valence-electron chi connectivity index (χ4n) is 1.42. The fourth-order valence-corrected chi connectivity index (χ4v) is 1.42. The summed E-state index contributed by atoms with van der Waals surface area (Å²) in [5, 5.41) is 3.50. The maximum Gasteiger partial charge on any atom is 0.0538 e. The van der Waals surface area contributed by atoms with Gasteiger partial charge >= 0.3 is 0 Å². The molecule has 0 saturated heterocycles. The molecule has 1 heterocycles. The molecule has 0 radical (unpaired) electrons. The maximum atomic E-state index is 5.11. The molecule has 0 atom stereocenters. The number of hydrogen-bond acceptors (Lipinski definition) is 3. The van der Waals surface area contributed by atoms with Crippen LogP contribution >= 0.6 is 0 Å². The first kappa shape index (κ1) is 9.40. The number of hydrazone groups is 1. The molecule has 74 valence electrons. The van der Waals surface area contributed by atoms with Crippen LogP contribution in [-0.2, 0) is 0 Å². The number of aromatic nitrogens is 1. The Morgan fingerprint density at radius 1 is 1.13 bits per heavy atom. The molecule has 0 unspecified atom stereocenters. The number of pyridine rings is 1. The van der Waals surface area contributed by atoms with Crippen molar-refractivity contribution >= 4 is 6.21 Å². The zero-order chi connectivity index (χ0) is 10.5. The summed E-state index contributed by atoms with van der Waals surface area (Å²) in [6, 6.07) is 11.9. The molecule has 0 aliphatic rings. The van der Waals surface area contributed by atoms with E-state index in [0.29, 0.717) is 0 Å². The van der Waals surface area contributed by atoms with Gasteiger partial charge in [-0.25, -0.2) is 0 Å². The molecule has 15 heavy (non-hydrogen) atoms. The Kier molecular flexibility index (Phi) is 2.74. The molecule has 0 aliphatic carbocycles. The predicted molar refractivity (Wildman–Crippen MR) is 61.5 cm³/mol. The third-order valence-corrected chi connectivity index (χ3v) is 2.11. The first-order chi connectivity index (χ1) is 7.40. The summed E-state index contributed by atoms with van der Waals surface area (Å²) >= 11 is 0. The van der Waals surface area contributed by atoms with Gasteiger partial charge in [0.05, 0.1) is 6.21 Å². The lowest BCUT2D eigenvalue weighted by molar-refractivity contribution is 1.26. The van der Waals surface area contributed by atoms with Gasteiger partial charge in [0.15, 0.2) is 0 Å². The minimum absolute atomic E-state index is 0.985. The Labute approximate surface area is 88.3 Å². The lowest BCUT2D eigenvalue weighted by atomic mass is 10.1. The molecule has 0 amide bonds. The zero-order valence-electron chi connectivity index (χ0n) is 8.17. The molecule has 2 rings (SSSR count). The Morgan fingerprint density at radius 2 is 2.00 bits per heavy atom. The van der Waals surface area contributed by atoms with Crippen molar-refractivity contribution in [3.63, 3.8) is 0 Å². The van der Waals surface area contributed by atoms with Gasteiger partial charge in [-0.2, -0.15) is 5.10 Å². The van der Waals surface area contributed by atoms with Crippen LogP contribution in [0.15, 0.2) is 53.9 Å². The summed E-state index contributed by atoms with van der Waals surface area (Å²) in [4.78, 5) is 4.08. The average molecular weight is 197 g/mol. The van der Waals surface area contributed by atoms with Crippen molar-refractivity contribution in [2.75, 3.05) is 0 Å². The molecule has 2 aromatic rings. The molecule has 0 bridgehead atoms. The van der Waals surface area contributed by atoms with Crippen LogP contribution in [0.25, 0.3) is 11.1 Å². The van der Waals surface area contributed by atoms with E-state index in [9.17, 15) is 0 Å². The molecule has 3 heteroatoms. The van der Waals surface area contributed by atoms with Crippen LogP contribution in [0.1, 0.15) is 5.56 Å². The molecular weight excluding hydrogens is 186 g/mol. The van der Waals surface area contributed by atoms with Gasteiger partial charge < -0.3 is 5.84 Å². The third-order valence-electron chi connectivity index (χ3n) is 2.11. The topological polar surface area (TPSA) is 51.3 Å². The molecule has 0 saturated carbocycles. The van der Waals surface area contributed by atoms with E-state index >= 15 is 0 Å². The smallest absolute Gasteiger partial charge is 0.0538 e. The van der Waals surface area contributed by atoms with Crippen LogP contribution in [0.5, 0.6) is 0 Å². The van der Waals surface area contributed by atoms with E-state index in [2.05, 4.69) is 10.1 Å². The second-order valence-corrected chi connectivity index (χ2v) is 3.15. The second kappa shape index (κ2) is 4.37. The van der Waals surface area contributed by atoms with E-state index < -0.39 is 0 Å². The van der Waals surface area contributed by atoms with E-state index in [-0.39, 0.29) is 0 Å². The molecule has 3 nitrogen and oxygen atoms in total. The van der Waals surface area contributed by atoms with Gasteiger partial charge in [-0.3, -0.25) is 4.98 Å². The highest BCUT2D eigenvalue weighted by Gasteiger charge is 1.97. The van der Waals surface area contributed by atoms with E-state index in [4.69, 9.17) is 5.84 Å². The highest BCUT2D eigenvalue weighted by Crippen LogP contribution is 2.18. The molecule has 1 aromatic heterocycles.